The maximum absolute atomic E-state index is 4.47. The molecule has 5 radical (unpaired) electrons. The van der Waals surface area contributed by atoms with Crippen molar-refractivity contribution in [3.63, 3.8) is 0 Å². The number of hydrogen-bond donors (Lipinski definition) is 1. The molecule has 0 amide bonds. The smallest absolute Gasteiger partial charge is 0.241 e. The Kier molecular flexibility index (Phi) is 133. The minimum atomic E-state index is -0.806. The Balaban J connectivity index is -0.0000000505. The topological polar surface area (TPSA) is 37.6 Å². The largest absolute Gasteiger partial charge is 0.662 e. The molecule has 0 aromatic carbocycles. The molecule has 2 aromatic rings. The van der Waals surface area contributed by atoms with E-state index in [4.69, 9.17) is 0 Å². The average Bonchev–Trinajstić information content (AvgIpc) is 3.76. The maximum atomic E-state index is 4.47. The summed E-state index contributed by atoms with van der Waals surface area (Å²) in [6.07, 6.45) is 36.0. The zero-order valence-electron chi connectivity index (χ0n) is 54.8. The van der Waals surface area contributed by atoms with Gasteiger partial charge in [-0.25, -0.2) is 9.13 Å². The number of aromatic amines is 1. The average molecular weight is 1410 g/mol. The fourth-order valence-corrected chi connectivity index (χ4v) is 7.11. The molecular formula is C62H136N4PY5+. The molecule has 1 N–H and O–H groups in total. The molecule has 10 heteroatoms. The monoisotopic (exact) mass is 1410 g/mol. The predicted octanol–water partition coefficient (Wildman–Crippen LogP) is 20.6. The molecule has 0 fully saturated rings. The molecule has 1 atom stereocenters. The fourth-order valence-electron chi connectivity index (χ4n) is 4.76. The van der Waals surface area contributed by atoms with Gasteiger partial charge in [0.15, 0.2) is 12.4 Å². The maximum Gasteiger partial charge on any atom is 0.241 e. The van der Waals surface area contributed by atoms with Gasteiger partial charge in [0.25, 0.3) is 0 Å². The third kappa shape index (κ3) is 140. The van der Waals surface area contributed by atoms with Crippen molar-refractivity contribution < 1.29 is 173 Å². The van der Waals surface area contributed by atoms with Gasteiger partial charge in [0.1, 0.15) is 19.4 Å². The van der Waals surface area contributed by atoms with E-state index in [-0.39, 0.29) is 164 Å². The second-order valence-corrected chi connectivity index (χ2v) is 25.8. The molecule has 0 aliphatic rings. The number of aromatic nitrogens is 3. The van der Waals surface area contributed by atoms with Crippen LogP contribution in [0.3, 0.4) is 0 Å². The van der Waals surface area contributed by atoms with Crippen LogP contribution in [0.4, 0.5) is 0 Å². The van der Waals surface area contributed by atoms with Gasteiger partial charge in [-0.2, -0.15) is 0 Å². The third-order valence-corrected chi connectivity index (χ3v) is 12.8. The number of pyridine rings is 1. The molecule has 0 bridgehead atoms. The summed E-state index contributed by atoms with van der Waals surface area (Å²) >= 11 is 0. The standard InChI is InChI=1S/C14H31P.C10H22N.2C7H16.C6H8N.2C5H12.C4H6N2.2C2H6.5Y/c1-13(2)9-7-8-11-15(5,6)12-10-14(3)4;1-9(2)6-5-7-11-8-10(3)4;2*1-4-5-6-7(2)3;1-7-5-3-2-4-6-7;2*1-4-5(2)3;1-6-3-2-5-4-6;2*1-2;;;;;/h13-14H,5,7-12H2,1-4,6H3;9-10H,5-8H2,1-4H3;2*7H,4-6H2,1-3H3;2-6H,1H3;2*5H,4H2,1-3H3;2-4H,1H3;2*1-2H3;;;;;/q;-1;;;+1;;;;;;;;;;/p+1. The molecule has 4 nitrogen and oxygen atoms in total. The Morgan fingerprint density at radius 1 is 0.444 bits per heavy atom. The van der Waals surface area contributed by atoms with E-state index in [0.717, 1.165) is 60.4 Å². The molecule has 1 unspecified atom stereocenters. The van der Waals surface area contributed by atoms with Crippen molar-refractivity contribution in [3.05, 3.63) is 54.6 Å². The minimum Gasteiger partial charge on any atom is -0.662 e. The van der Waals surface area contributed by atoms with Gasteiger partial charge in [-0.1, -0.05) is 255 Å². The Morgan fingerprint density at radius 2 is 0.792 bits per heavy atom. The summed E-state index contributed by atoms with van der Waals surface area (Å²) in [5, 5.41) is 4.44. The summed E-state index contributed by atoms with van der Waals surface area (Å²) in [7, 11) is 3.97. The van der Waals surface area contributed by atoms with Crippen LogP contribution < -0.4 is 9.13 Å². The van der Waals surface area contributed by atoms with Crippen LogP contribution >= 0.6 is 6.89 Å². The number of hydrogen-bond acceptors (Lipinski definition) is 0. The second-order valence-electron chi connectivity index (χ2n) is 21.7. The Labute approximate surface area is 586 Å². The quantitative estimate of drug-likeness (QED) is 0.0693. The van der Waals surface area contributed by atoms with Gasteiger partial charge in [-0.3, -0.25) is 4.98 Å². The number of H-pyrrole nitrogens is 1. The SMILES string of the molecule is C=P(C)(CCCCC(C)C)CCC(C)C.CC.CC.CC(C)CCC[N-]CC(C)C.CCC(C)C.CCC(C)C.CCCCC(C)C.CCCCC(C)C.C[n+]1cc[nH]c1.C[n+]1ccccc1.[Y].[Y].[Y].[Y].[Y]. The first-order chi connectivity index (χ1) is 31.3. The Bertz CT molecular complexity index is 1080. The van der Waals surface area contributed by atoms with E-state index in [0.29, 0.717) is 0 Å². The molecule has 0 aliphatic heterocycles. The van der Waals surface area contributed by atoms with Crippen LogP contribution in [-0.4, -0.2) is 43.4 Å². The van der Waals surface area contributed by atoms with Crippen molar-refractivity contribution in [1.82, 2.24) is 4.98 Å². The summed E-state index contributed by atoms with van der Waals surface area (Å²) in [5.41, 5.74) is 0. The molecule has 0 saturated heterocycles. The molecular weight excluding hydrogens is 1280 g/mol. The van der Waals surface area contributed by atoms with Gasteiger partial charge >= 0.3 is 0 Å². The van der Waals surface area contributed by atoms with Crippen molar-refractivity contribution in [2.24, 2.45) is 61.4 Å². The van der Waals surface area contributed by atoms with Gasteiger partial charge in [0, 0.05) is 176 Å². The summed E-state index contributed by atoms with van der Waals surface area (Å²) in [5.74, 6) is 6.86. The van der Waals surface area contributed by atoms with Crippen molar-refractivity contribution >= 4 is 13.2 Å². The number of rotatable bonds is 22. The minimum absolute atomic E-state index is 0. The first kappa shape index (κ1) is 108. The van der Waals surface area contributed by atoms with E-state index in [1.807, 2.05) is 100 Å². The van der Waals surface area contributed by atoms with Crippen LogP contribution in [0.1, 0.15) is 256 Å². The van der Waals surface area contributed by atoms with Crippen molar-refractivity contribution in [3.8, 4) is 0 Å². The molecule has 423 valence electrons. The van der Waals surface area contributed by atoms with Gasteiger partial charge in [-0.15, -0.1) is 26.3 Å². The Hall–Kier alpha value is 4.14. The molecule has 0 spiro atoms. The zero-order valence-corrected chi connectivity index (χ0v) is 69.9. The normalized spacial score (nSPS) is 10.2. The second kappa shape index (κ2) is 89.0. The molecule has 72 heavy (non-hydrogen) atoms. The molecule has 2 rings (SSSR count). The van der Waals surface area contributed by atoms with Crippen molar-refractivity contribution in [1.29, 1.82) is 0 Å². The van der Waals surface area contributed by atoms with Crippen LogP contribution in [0.25, 0.3) is 5.32 Å². The Morgan fingerprint density at radius 3 is 1.01 bits per heavy atom. The van der Waals surface area contributed by atoms with Crippen LogP contribution in [0.15, 0.2) is 49.3 Å². The first-order valence-corrected chi connectivity index (χ1v) is 31.3. The van der Waals surface area contributed by atoms with E-state index in [1.165, 1.54) is 102 Å². The molecule has 0 saturated carbocycles. The number of nitrogens with zero attached hydrogens (tertiary/aromatic N) is 3. The molecule has 2 aromatic heterocycles. The summed E-state index contributed by atoms with van der Waals surface area (Å²) in [6, 6.07) is 6.00. The summed E-state index contributed by atoms with van der Waals surface area (Å²) in [4.78, 5) is 2.89. The van der Waals surface area contributed by atoms with Crippen LogP contribution in [0.2, 0.25) is 0 Å². The van der Waals surface area contributed by atoms with Gasteiger partial charge in [0.05, 0.1) is 7.05 Å². The summed E-state index contributed by atoms with van der Waals surface area (Å²) in [6.45, 7) is 56.8. The number of nitrogens with one attached hydrogen (secondary N) is 1. The van der Waals surface area contributed by atoms with Crippen LogP contribution in [0, 0.1) is 47.3 Å². The van der Waals surface area contributed by atoms with Gasteiger partial charge in [-0.05, 0) is 73.3 Å². The summed E-state index contributed by atoms with van der Waals surface area (Å²) < 4.78 is 3.94. The number of unbranched alkanes of at least 4 members (excludes halogenated alkanes) is 3. The van der Waals surface area contributed by atoms with Crippen molar-refractivity contribution in [2.75, 3.05) is 32.1 Å². The van der Waals surface area contributed by atoms with Gasteiger partial charge in [0.2, 0.25) is 6.33 Å². The van der Waals surface area contributed by atoms with E-state index < -0.39 is 6.89 Å². The van der Waals surface area contributed by atoms with Crippen LogP contribution in [0.5, 0.6) is 0 Å². The first-order valence-electron chi connectivity index (χ1n) is 28.5. The van der Waals surface area contributed by atoms with E-state index in [1.54, 1.807) is 0 Å². The zero-order chi connectivity index (χ0) is 54.1. The van der Waals surface area contributed by atoms with E-state index >= 15 is 0 Å². The molecule has 2 heterocycles. The number of aryl methyl sites for hydroxylation is 2. The van der Waals surface area contributed by atoms with Crippen LogP contribution in [-0.2, 0) is 178 Å². The third-order valence-electron chi connectivity index (χ3n) is 10.0. The van der Waals surface area contributed by atoms with E-state index in [2.05, 4.69) is 162 Å². The predicted molar refractivity (Wildman–Crippen MR) is 321 cm³/mol. The van der Waals surface area contributed by atoms with Gasteiger partial charge < -0.3 is 5.32 Å². The number of imidazole rings is 1. The fraction of sp³-hybridized carbons (Fsp3) is 0.855. The van der Waals surface area contributed by atoms with E-state index in [9.17, 15) is 0 Å². The molecule has 0 aliphatic carbocycles. The van der Waals surface area contributed by atoms with Crippen molar-refractivity contribution in [2.45, 2.75) is 256 Å².